The number of nitrogens with zero attached hydrogens (tertiary/aromatic N) is 2. The first-order valence-corrected chi connectivity index (χ1v) is 4.89. The van der Waals surface area contributed by atoms with Gasteiger partial charge in [0.1, 0.15) is 0 Å². The lowest BCUT2D eigenvalue weighted by molar-refractivity contribution is -0.120. The third-order valence-electron chi connectivity index (χ3n) is 2.93. The van der Waals surface area contributed by atoms with Crippen LogP contribution in [0.4, 0.5) is 0 Å². The Labute approximate surface area is 84.9 Å². The molecule has 4 nitrogen and oxygen atoms in total. The lowest BCUT2D eigenvalue weighted by atomic mass is 9.90. The summed E-state index contributed by atoms with van der Waals surface area (Å²) in [5, 5.41) is 0. The average molecular weight is 197 g/mol. The van der Waals surface area contributed by atoms with Crippen molar-refractivity contribution in [2.24, 2.45) is 0 Å². The molecule has 14 heavy (non-hydrogen) atoms. The summed E-state index contributed by atoms with van der Waals surface area (Å²) >= 11 is 0. The number of hydrogen-bond acceptors (Lipinski definition) is 2. The predicted octanol–water partition coefficient (Wildman–Crippen LogP) is 0.637. The van der Waals surface area contributed by atoms with Crippen molar-refractivity contribution in [1.29, 1.82) is 0 Å². The van der Waals surface area contributed by atoms with E-state index in [1.54, 1.807) is 16.8 Å². The van der Waals surface area contributed by atoms with E-state index >= 15 is 0 Å². The van der Waals surface area contributed by atoms with Gasteiger partial charge in [-0.25, -0.2) is 0 Å². The van der Waals surface area contributed by atoms with Gasteiger partial charge >= 0.3 is 0 Å². The van der Waals surface area contributed by atoms with Crippen molar-refractivity contribution < 1.29 is 9.59 Å². The van der Waals surface area contributed by atoms with Gasteiger partial charge in [-0.05, 0) is 25.7 Å². The number of hydrogen-bond donors (Lipinski definition) is 0. The van der Waals surface area contributed by atoms with E-state index in [4.69, 9.17) is 0 Å². The summed E-state index contributed by atoms with van der Waals surface area (Å²) in [6.45, 7) is 0. The normalized spacial score (nSPS) is 19.0. The molecule has 0 aromatic carbocycles. The van der Waals surface area contributed by atoms with Crippen molar-refractivity contribution >= 4 is 12.8 Å². The minimum atomic E-state index is 0.344. The van der Waals surface area contributed by atoms with Crippen LogP contribution in [0.25, 0.3) is 0 Å². The van der Waals surface area contributed by atoms with Crippen molar-refractivity contribution in [1.82, 2.24) is 9.80 Å². The summed E-state index contributed by atoms with van der Waals surface area (Å²) < 4.78 is 0. The summed E-state index contributed by atoms with van der Waals surface area (Å²) in [7, 11) is 3.60. The molecule has 1 aliphatic carbocycles. The molecular formula is C10H17N2O2. The van der Waals surface area contributed by atoms with Crippen LogP contribution in [-0.4, -0.2) is 42.8 Å². The number of carbonyl (C=O) groups excluding carboxylic acids is 2. The van der Waals surface area contributed by atoms with Crippen LogP contribution in [0.2, 0.25) is 0 Å². The molecule has 79 valence electrons. The summed E-state index contributed by atoms with van der Waals surface area (Å²) in [5.74, 6) is 0. The highest BCUT2D eigenvalue weighted by Crippen LogP contribution is 2.29. The van der Waals surface area contributed by atoms with Crippen LogP contribution < -0.4 is 0 Å². The van der Waals surface area contributed by atoms with Crippen molar-refractivity contribution in [2.75, 3.05) is 14.1 Å². The maximum atomic E-state index is 10.5. The monoisotopic (exact) mass is 197 g/mol. The van der Waals surface area contributed by atoms with Crippen LogP contribution in [0, 0.1) is 6.04 Å². The molecule has 0 bridgehead atoms. The summed E-state index contributed by atoms with van der Waals surface area (Å²) in [4.78, 5) is 24.4. The van der Waals surface area contributed by atoms with Gasteiger partial charge in [0.15, 0.2) is 0 Å². The van der Waals surface area contributed by atoms with Gasteiger partial charge in [-0.1, -0.05) is 0 Å². The Bertz CT molecular complexity index is 178. The van der Waals surface area contributed by atoms with Crippen molar-refractivity contribution in [2.45, 2.75) is 31.7 Å². The zero-order chi connectivity index (χ0) is 10.6. The third-order valence-corrected chi connectivity index (χ3v) is 2.93. The van der Waals surface area contributed by atoms with E-state index in [0.717, 1.165) is 38.5 Å². The van der Waals surface area contributed by atoms with Crippen LogP contribution >= 0.6 is 0 Å². The van der Waals surface area contributed by atoms with Crippen LogP contribution in [0.15, 0.2) is 0 Å². The molecule has 1 radical (unpaired) electrons. The predicted molar refractivity (Wildman–Crippen MR) is 53.2 cm³/mol. The van der Waals surface area contributed by atoms with Gasteiger partial charge in [0.2, 0.25) is 12.8 Å². The molecule has 2 amide bonds. The highest BCUT2D eigenvalue weighted by atomic mass is 16.1. The van der Waals surface area contributed by atoms with Gasteiger partial charge in [-0.3, -0.25) is 9.59 Å². The third kappa shape index (κ3) is 2.47. The Hall–Kier alpha value is -1.06. The molecular weight excluding hydrogens is 180 g/mol. The molecule has 0 unspecified atom stereocenters. The fourth-order valence-electron chi connectivity index (χ4n) is 1.86. The molecule has 0 saturated heterocycles. The van der Waals surface area contributed by atoms with E-state index in [1.807, 2.05) is 7.05 Å². The Kier molecular flexibility index (Phi) is 3.92. The van der Waals surface area contributed by atoms with E-state index < -0.39 is 0 Å². The van der Waals surface area contributed by atoms with Gasteiger partial charge in [0.05, 0.1) is 6.04 Å². The topological polar surface area (TPSA) is 40.6 Å². The van der Waals surface area contributed by atoms with Gasteiger partial charge in [0, 0.05) is 20.1 Å². The lowest BCUT2D eigenvalue weighted by Gasteiger charge is -2.34. The highest BCUT2D eigenvalue weighted by Gasteiger charge is 2.25. The van der Waals surface area contributed by atoms with Gasteiger partial charge in [-0.2, -0.15) is 0 Å². The van der Waals surface area contributed by atoms with Crippen LogP contribution in [0.3, 0.4) is 0 Å². The lowest BCUT2D eigenvalue weighted by Crippen LogP contribution is -2.37. The number of amides is 2. The van der Waals surface area contributed by atoms with Crippen molar-refractivity contribution in [3.63, 3.8) is 0 Å². The van der Waals surface area contributed by atoms with E-state index in [0.29, 0.717) is 6.04 Å². The molecule has 1 fully saturated rings. The highest BCUT2D eigenvalue weighted by molar-refractivity contribution is 5.49. The van der Waals surface area contributed by atoms with Crippen molar-refractivity contribution in [3.8, 4) is 0 Å². The SMILES string of the molecule is CN(C=O)[C]1CCC(N(C)C=O)CC1. The van der Waals surface area contributed by atoms with Crippen LogP contribution in [0.5, 0.6) is 0 Å². The smallest absolute Gasteiger partial charge is 0.209 e. The summed E-state index contributed by atoms with van der Waals surface area (Å²) in [5.41, 5.74) is 0. The second-order valence-electron chi connectivity index (χ2n) is 3.78. The van der Waals surface area contributed by atoms with E-state index in [1.165, 1.54) is 6.04 Å². The molecule has 0 N–H and O–H groups in total. The molecule has 0 aliphatic heterocycles. The minimum absolute atomic E-state index is 0.344. The van der Waals surface area contributed by atoms with E-state index in [2.05, 4.69) is 0 Å². The largest absolute Gasteiger partial charge is 0.345 e. The fourth-order valence-corrected chi connectivity index (χ4v) is 1.86. The Morgan fingerprint density at radius 3 is 2.14 bits per heavy atom. The first-order valence-electron chi connectivity index (χ1n) is 4.89. The maximum Gasteiger partial charge on any atom is 0.209 e. The second-order valence-corrected chi connectivity index (χ2v) is 3.78. The second kappa shape index (κ2) is 4.98. The molecule has 0 heterocycles. The van der Waals surface area contributed by atoms with Gasteiger partial charge in [0.25, 0.3) is 0 Å². The van der Waals surface area contributed by atoms with Gasteiger partial charge < -0.3 is 9.80 Å². The molecule has 0 aromatic heterocycles. The van der Waals surface area contributed by atoms with Crippen LogP contribution in [-0.2, 0) is 9.59 Å². The summed E-state index contributed by atoms with van der Waals surface area (Å²) in [6, 6.07) is 1.52. The Morgan fingerprint density at radius 2 is 1.71 bits per heavy atom. The minimum Gasteiger partial charge on any atom is -0.345 e. The first kappa shape index (κ1) is 11.0. The molecule has 1 aliphatic rings. The molecule has 1 saturated carbocycles. The quantitative estimate of drug-likeness (QED) is 0.620. The standard InChI is InChI=1S/C10H17N2O2/c1-11(7-13)9-3-5-10(6-4-9)12(2)8-14/h7-9H,3-6H2,1-2H3. The first-order chi connectivity index (χ1) is 6.69. The van der Waals surface area contributed by atoms with Crippen LogP contribution in [0.1, 0.15) is 25.7 Å². The van der Waals surface area contributed by atoms with Gasteiger partial charge in [-0.15, -0.1) is 0 Å². The maximum absolute atomic E-state index is 10.5. The molecule has 0 atom stereocenters. The zero-order valence-electron chi connectivity index (χ0n) is 8.77. The average Bonchev–Trinajstić information content (AvgIpc) is 2.27. The zero-order valence-corrected chi connectivity index (χ0v) is 8.77. The Balaban J connectivity index is 2.38. The summed E-state index contributed by atoms with van der Waals surface area (Å²) in [6.07, 6.45) is 5.47. The molecule has 1 rings (SSSR count). The number of carbonyl (C=O) groups is 2. The van der Waals surface area contributed by atoms with E-state index in [9.17, 15) is 9.59 Å². The van der Waals surface area contributed by atoms with E-state index in [-0.39, 0.29) is 0 Å². The number of rotatable bonds is 4. The molecule has 0 spiro atoms. The fraction of sp³-hybridized carbons (Fsp3) is 0.700. The molecule has 4 heteroatoms. The molecule has 0 aromatic rings. The van der Waals surface area contributed by atoms with Crippen molar-refractivity contribution in [3.05, 3.63) is 6.04 Å². The Morgan fingerprint density at radius 1 is 1.14 bits per heavy atom.